The number of carbonyl (C=O) groups is 2. The van der Waals surface area contributed by atoms with Gasteiger partial charge in [0.2, 0.25) is 11.8 Å². The number of nitrogens with one attached hydrogen (secondary N) is 1. The van der Waals surface area contributed by atoms with Gasteiger partial charge in [-0.3, -0.25) is 19.8 Å². The van der Waals surface area contributed by atoms with Crippen LogP contribution in [0.15, 0.2) is 65.2 Å². The average Bonchev–Trinajstić information content (AvgIpc) is 3.83. The molecule has 12 nitrogen and oxygen atoms in total. The van der Waals surface area contributed by atoms with Crippen LogP contribution in [0, 0.1) is 38.0 Å². The minimum atomic E-state index is -1.14. The number of nitrogens with zero attached hydrogens (tertiary/aromatic N) is 6. The summed E-state index contributed by atoms with van der Waals surface area (Å²) in [7, 11) is 0. The predicted octanol–water partition coefficient (Wildman–Crippen LogP) is 5.49. The van der Waals surface area contributed by atoms with E-state index in [1.165, 1.54) is 21.7 Å². The van der Waals surface area contributed by atoms with Gasteiger partial charge in [0.05, 0.1) is 29.8 Å². The molecule has 3 N–H and O–H groups in total. The number of amides is 2. The number of imide groups is 1. The van der Waals surface area contributed by atoms with Gasteiger partial charge in [0.15, 0.2) is 0 Å². The molecule has 5 heterocycles. The molecule has 4 fully saturated rings. The molecule has 5 aliphatic rings. The molecular weight excluding hydrogens is 695 g/mol. The van der Waals surface area contributed by atoms with Crippen LogP contribution in [0.1, 0.15) is 84.2 Å². The Morgan fingerprint density at radius 3 is 2.35 bits per heavy atom. The minimum absolute atomic E-state index is 0.125. The molecule has 3 saturated heterocycles. The van der Waals surface area contributed by atoms with E-state index in [2.05, 4.69) is 80.6 Å². The number of likely N-dealkylation sites (tertiary alicyclic amines) is 1. The van der Waals surface area contributed by atoms with Crippen molar-refractivity contribution < 1.29 is 24.3 Å². The van der Waals surface area contributed by atoms with Crippen molar-refractivity contribution in [2.75, 3.05) is 36.0 Å². The van der Waals surface area contributed by atoms with E-state index in [0.717, 1.165) is 79.4 Å². The van der Waals surface area contributed by atoms with E-state index in [0.29, 0.717) is 23.1 Å². The molecule has 5 unspecified atom stereocenters. The van der Waals surface area contributed by atoms with Crippen LogP contribution >= 0.6 is 0 Å². The van der Waals surface area contributed by atoms with Crippen LogP contribution in [0.25, 0.3) is 11.1 Å². The first-order valence-corrected chi connectivity index (χ1v) is 19.5. The van der Waals surface area contributed by atoms with Crippen LogP contribution in [0.5, 0.6) is 0 Å². The van der Waals surface area contributed by atoms with E-state index in [1.54, 1.807) is 0 Å². The number of aryl methyl sites for hydroxylation is 3. The van der Waals surface area contributed by atoms with Gasteiger partial charge in [0, 0.05) is 78.3 Å². The fourth-order valence-electron chi connectivity index (χ4n) is 9.47. The summed E-state index contributed by atoms with van der Waals surface area (Å²) in [6, 6.07) is 23.7. The summed E-state index contributed by atoms with van der Waals surface area (Å²) in [5.41, 5.74) is 9.95. The Labute approximate surface area is 320 Å². The molecule has 1 saturated carbocycles. The summed E-state index contributed by atoms with van der Waals surface area (Å²) < 4.78 is 5.54. The summed E-state index contributed by atoms with van der Waals surface area (Å²) in [6.45, 7) is 9.75. The second kappa shape index (κ2) is 13.9. The Bertz CT molecular complexity index is 2160. The van der Waals surface area contributed by atoms with Gasteiger partial charge in [-0.05, 0) is 93.5 Å². The highest BCUT2D eigenvalue weighted by atomic mass is 16.5. The van der Waals surface area contributed by atoms with Gasteiger partial charge in [0.25, 0.3) is 0 Å². The molecule has 2 amide bonds. The molecule has 12 heteroatoms. The van der Waals surface area contributed by atoms with Gasteiger partial charge in [0.1, 0.15) is 18.2 Å². The molecule has 0 radical (unpaired) electrons. The summed E-state index contributed by atoms with van der Waals surface area (Å²) in [5.74, 6) is 0.456. The Morgan fingerprint density at radius 1 is 0.927 bits per heavy atom. The van der Waals surface area contributed by atoms with Gasteiger partial charge in [-0.25, -0.2) is 4.90 Å². The van der Waals surface area contributed by atoms with E-state index >= 15 is 0 Å². The zero-order valence-corrected chi connectivity index (χ0v) is 31.5. The number of anilines is 3. The fraction of sp³-hybridized carbons (Fsp3) is 0.442. The van der Waals surface area contributed by atoms with E-state index in [9.17, 15) is 25.1 Å². The smallest absolute Gasteiger partial charge is 0.244 e. The van der Waals surface area contributed by atoms with Crippen LogP contribution in [0.3, 0.4) is 0 Å². The van der Waals surface area contributed by atoms with Crippen molar-refractivity contribution in [3.8, 4) is 17.2 Å². The Hall–Kier alpha value is -5.06. The molecular formula is C43H47N7O5. The van der Waals surface area contributed by atoms with Crippen molar-refractivity contribution in [3.63, 3.8) is 0 Å². The van der Waals surface area contributed by atoms with Crippen molar-refractivity contribution in [2.24, 2.45) is 5.92 Å². The standard InChI is InChI=1S/C43H47N7O5/c1-24-4-5-28(40-25(2)46-55-26(40)3)19-38(24)49(31-8-6-27(7-9-31)35-18-29(35)21-44)33-22-48(23-33)30-14-16-47(17-15-30)32-10-11-34-36(20-32)43(54)50(42(34)53)37-12-13-39(51)45-41(37)52/h4-11,19-20,29-30,33,35,37,42-43,53-54H,12-18,22-23H2,1-3H3,(H,45,51,52). The number of carbonyl (C=O) groups excluding carboxylic acids is 2. The number of benzene rings is 3. The number of rotatable bonds is 8. The highest BCUT2D eigenvalue weighted by Crippen LogP contribution is 2.48. The van der Waals surface area contributed by atoms with Gasteiger partial charge in [-0.2, -0.15) is 5.26 Å². The third-order valence-electron chi connectivity index (χ3n) is 12.7. The number of hydrogen-bond donors (Lipinski definition) is 3. The topological polar surface area (TPSA) is 149 Å². The number of aliphatic hydroxyl groups excluding tert-OH is 2. The Kier molecular flexibility index (Phi) is 9.01. The lowest BCUT2D eigenvalue weighted by Crippen LogP contribution is -2.62. The van der Waals surface area contributed by atoms with E-state index < -0.39 is 24.4 Å². The molecule has 4 aromatic rings. The van der Waals surface area contributed by atoms with Crippen molar-refractivity contribution in [1.29, 1.82) is 5.26 Å². The first-order chi connectivity index (χ1) is 26.6. The number of aromatic nitrogens is 1. The summed E-state index contributed by atoms with van der Waals surface area (Å²) in [6.07, 6.45) is 1.12. The predicted molar refractivity (Wildman–Crippen MR) is 206 cm³/mol. The molecule has 284 valence electrons. The van der Waals surface area contributed by atoms with Crippen molar-refractivity contribution in [3.05, 3.63) is 94.4 Å². The number of nitriles is 1. The lowest BCUT2D eigenvalue weighted by molar-refractivity contribution is -0.154. The molecule has 0 bridgehead atoms. The molecule has 1 aliphatic carbocycles. The van der Waals surface area contributed by atoms with Gasteiger partial charge in [-0.1, -0.05) is 35.5 Å². The van der Waals surface area contributed by atoms with Crippen molar-refractivity contribution >= 4 is 28.9 Å². The Balaban J connectivity index is 0.893. The molecule has 3 aromatic carbocycles. The summed E-state index contributed by atoms with van der Waals surface area (Å²) >= 11 is 0. The van der Waals surface area contributed by atoms with E-state index in [4.69, 9.17) is 4.52 Å². The SMILES string of the molecule is Cc1ccc(-c2c(C)noc2C)cc1N(c1ccc(C2CC2C#N)cc1)C1CN(C2CCN(c3ccc4c(c3)C(O)N(C3CCC(=O)NC3=O)C4O)CC2)C1. The quantitative estimate of drug-likeness (QED) is 0.197. The zero-order valence-electron chi connectivity index (χ0n) is 31.5. The van der Waals surface area contributed by atoms with Gasteiger partial charge < -0.3 is 24.5 Å². The average molecular weight is 742 g/mol. The first-order valence-electron chi connectivity index (χ1n) is 19.5. The van der Waals surface area contributed by atoms with Crippen LogP contribution in [-0.2, 0) is 9.59 Å². The fourth-order valence-corrected chi connectivity index (χ4v) is 9.47. The summed E-state index contributed by atoms with van der Waals surface area (Å²) in [5, 5.41) is 38.4. The normalized spacial score (nSPS) is 26.0. The molecule has 0 spiro atoms. The minimum Gasteiger partial charge on any atom is -0.374 e. The number of aliphatic hydroxyl groups is 2. The molecule has 5 atom stereocenters. The third kappa shape index (κ3) is 6.29. The second-order valence-electron chi connectivity index (χ2n) is 16.0. The lowest BCUT2D eigenvalue weighted by Gasteiger charge is -2.51. The van der Waals surface area contributed by atoms with Crippen LogP contribution < -0.4 is 15.1 Å². The highest BCUT2D eigenvalue weighted by Gasteiger charge is 2.46. The van der Waals surface area contributed by atoms with Gasteiger partial charge in [-0.15, -0.1) is 0 Å². The monoisotopic (exact) mass is 741 g/mol. The largest absolute Gasteiger partial charge is 0.374 e. The Morgan fingerprint density at radius 2 is 1.67 bits per heavy atom. The third-order valence-corrected chi connectivity index (χ3v) is 12.7. The highest BCUT2D eigenvalue weighted by molar-refractivity contribution is 6.00. The van der Waals surface area contributed by atoms with Crippen molar-refractivity contribution in [2.45, 2.75) is 89.4 Å². The zero-order chi connectivity index (χ0) is 38.1. The number of fused-ring (bicyclic) bond motifs is 1. The van der Waals surface area contributed by atoms with Crippen LogP contribution in [-0.4, -0.2) is 81.3 Å². The lowest BCUT2D eigenvalue weighted by atomic mass is 9.94. The maximum Gasteiger partial charge on any atom is 0.244 e. The molecule has 4 aliphatic heterocycles. The van der Waals surface area contributed by atoms with E-state index in [-0.39, 0.29) is 30.7 Å². The molecule has 55 heavy (non-hydrogen) atoms. The number of hydrogen-bond acceptors (Lipinski definition) is 11. The van der Waals surface area contributed by atoms with Crippen molar-refractivity contribution in [1.82, 2.24) is 20.3 Å². The number of piperidine rings is 2. The molecule has 1 aromatic heterocycles. The first kappa shape index (κ1) is 35.6. The van der Waals surface area contributed by atoms with Crippen LogP contribution in [0.4, 0.5) is 17.1 Å². The summed E-state index contributed by atoms with van der Waals surface area (Å²) in [4.78, 5) is 33.2. The maximum absolute atomic E-state index is 12.6. The van der Waals surface area contributed by atoms with Gasteiger partial charge >= 0.3 is 0 Å². The maximum atomic E-state index is 12.6. The molecule has 9 rings (SSSR count). The van der Waals surface area contributed by atoms with Crippen LogP contribution in [0.2, 0.25) is 0 Å². The van der Waals surface area contributed by atoms with E-state index in [1.807, 2.05) is 32.0 Å². The second-order valence-corrected chi connectivity index (χ2v) is 16.0.